The zero-order chi connectivity index (χ0) is 16.8. The van der Waals surface area contributed by atoms with Crippen molar-refractivity contribution in [3.05, 3.63) is 42.2 Å². The highest BCUT2D eigenvalue weighted by Crippen LogP contribution is 2.11. The van der Waals surface area contributed by atoms with E-state index >= 15 is 0 Å². The maximum Gasteiger partial charge on any atom is 0.234 e. The zero-order valence-electron chi connectivity index (χ0n) is 13.2. The first-order valence-corrected chi connectivity index (χ1v) is 7.96. The van der Waals surface area contributed by atoms with Gasteiger partial charge in [-0.2, -0.15) is 5.10 Å². The topological polar surface area (TPSA) is 81.1 Å². The number of benzene rings is 1. The van der Waals surface area contributed by atoms with Crippen molar-refractivity contribution >= 4 is 5.91 Å². The Morgan fingerprint density at radius 1 is 1.38 bits per heavy atom. The number of amides is 1. The number of aromatic nitrogens is 3. The average molecular weight is 333 g/mol. The SMILES string of the molecule is O=C(CNC1CCc2ncnn2C1)NCCOc1ccc(F)cc1. The van der Waals surface area contributed by atoms with Gasteiger partial charge in [0.05, 0.1) is 19.6 Å². The van der Waals surface area contributed by atoms with E-state index in [0.29, 0.717) is 18.9 Å². The van der Waals surface area contributed by atoms with Crippen molar-refractivity contribution in [2.75, 3.05) is 19.7 Å². The molecule has 1 aromatic carbocycles. The van der Waals surface area contributed by atoms with E-state index in [-0.39, 0.29) is 24.3 Å². The van der Waals surface area contributed by atoms with Crippen LogP contribution in [0, 0.1) is 5.82 Å². The first-order valence-electron chi connectivity index (χ1n) is 7.96. The van der Waals surface area contributed by atoms with Crippen LogP contribution in [0.15, 0.2) is 30.6 Å². The number of carbonyl (C=O) groups excluding carboxylic acids is 1. The van der Waals surface area contributed by atoms with Crippen molar-refractivity contribution in [1.82, 2.24) is 25.4 Å². The number of halogens is 1. The van der Waals surface area contributed by atoms with Gasteiger partial charge in [0.2, 0.25) is 5.91 Å². The molecule has 0 spiro atoms. The number of aryl methyl sites for hydroxylation is 1. The lowest BCUT2D eigenvalue weighted by atomic mass is 10.1. The molecule has 2 aromatic rings. The Hall–Kier alpha value is -2.48. The second-order valence-electron chi connectivity index (χ2n) is 5.63. The monoisotopic (exact) mass is 333 g/mol. The van der Waals surface area contributed by atoms with Gasteiger partial charge in [-0.25, -0.2) is 14.1 Å². The predicted molar refractivity (Wildman–Crippen MR) is 85.0 cm³/mol. The van der Waals surface area contributed by atoms with Gasteiger partial charge in [-0.05, 0) is 30.7 Å². The molecule has 0 saturated carbocycles. The zero-order valence-corrected chi connectivity index (χ0v) is 13.2. The fourth-order valence-corrected chi connectivity index (χ4v) is 2.59. The molecule has 2 heterocycles. The second kappa shape index (κ2) is 7.87. The van der Waals surface area contributed by atoms with Gasteiger partial charge >= 0.3 is 0 Å². The Morgan fingerprint density at radius 2 is 2.21 bits per heavy atom. The van der Waals surface area contributed by atoms with Crippen LogP contribution in [0.1, 0.15) is 12.2 Å². The molecule has 1 aliphatic heterocycles. The molecule has 0 fully saturated rings. The van der Waals surface area contributed by atoms with E-state index in [4.69, 9.17) is 4.74 Å². The molecule has 0 bridgehead atoms. The van der Waals surface area contributed by atoms with Crippen molar-refractivity contribution in [1.29, 1.82) is 0 Å². The van der Waals surface area contributed by atoms with Crippen LogP contribution in [0.3, 0.4) is 0 Å². The lowest BCUT2D eigenvalue weighted by Gasteiger charge is -2.23. The van der Waals surface area contributed by atoms with Gasteiger partial charge in [0, 0.05) is 12.5 Å². The average Bonchev–Trinajstić information content (AvgIpc) is 3.06. The molecule has 1 aliphatic rings. The smallest absolute Gasteiger partial charge is 0.234 e. The normalized spacial score (nSPS) is 16.5. The molecule has 0 saturated heterocycles. The molecular formula is C16H20FN5O2. The van der Waals surface area contributed by atoms with E-state index in [1.807, 2.05) is 4.68 Å². The van der Waals surface area contributed by atoms with Gasteiger partial charge < -0.3 is 15.4 Å². The van der Waals surface area contributed by atoms with Gasteiger partial charge in [0.25, 0.3) is 0 Å². The highest BCUT2D eigenvalue weighted by molar-refractivity contribution is 5.77. The van der Waals surface area contributed by atoms with Crippen molar-refractivity contribution in [3.63, 3.8) is 0 Å². The lowest BCUT2D eigenvalue weighted by molar-refractivity contribution is -0.120. The number of rotatable bonds is 7. The summed E-state index contributed by atoms with van der Waals surface area (Å²) < 4.78 is 20.0. The molecule has 1 atom stereocenters. The van der Waals surface area contributed by atoms with E-state index in [0.717, 1.165) is 25.2 Å². The number of carbonyl (C=O) groups is 1. The third kappa shape index (κ3) is 4.51. The Morgan fingerprint density at radius 3 is 3.04 bits per heavy atom. The van der Waals surface area contributed by atoms with Crippen LogP contribution in [0.25, 0.3) is 0 Å². The Balaban J connectivity index is 1.30. The van der Waals surface area contributed by atoms with Crippen molar-refractivity contribution in [2.45, 2.75) is 25.4 Å². The molecule has 128 valence electrons. The third-order valence-corrected chi connectivity index (χ3v) is 3.86. The Kier molecular flexibility index (Phi) is 5.37. The van der Waals surface area contributed by atoms with Crippen molar-refractivity contribution in [3.8, 4) is 5.75 Å². The summed E-state index contributed by atoms with van der Waals surface area (Å²) in [5.41, 5.74) is 0. The van der Waals surface area contributed by atoms with E-state index < -0.39 is 0 Å². The molecule has 8 heteroatoms. The molecule has 0 aliphatic carbocycles. The van der Waals surface area contributed by atoms with Gasteiger partial charge in [-0.15, -0.1) is 0 Å². The van der Waals surface area contributed by atoms with Gasteiger partial charge in [-0.1, -0.05) is 0 Å². The number of hydrogen-bond donors (Lipinski definition) is 2. The summed E-state index contributed by atoms with van der Waals surface area (Å²) in [4.78, 5) is 16.0. The molecule has 24 heavy (non-hydrogen) atoms. The number of hydrogen-bond acceptors (Lipinski definition) is 5. The first kappa shape index (κ1) is 16.4. The quantitative estimate of drug-likeness (QED) is 0.722. The van der Waals surface area contributed by atoms with Crippen LogP contribution >= 0.6 is 0 Å². The molecule has 2 N–H and O–H groups in total. The number of ether oxygens (including phenoxy) is 1. The summed E-state index contributed by atoms with van der Waals surface area (Å²) in [6, 6.07) is 6.01. The molecule has 3 rings (SSSR count). The molecule has 7 nitrogen and oxygen atoms in total. The number of fused-ring (bicyclic) bond motifs is 1. The first-order chi connectivity index (χ1) is 11.7. The van der Waals surface area contributed by atoms with Crippen molar-refractivity contribution < 1.29 is 13.9 Å². The highest BCUT2D eigenvalue weighted by Gasteiger charge is 2.19. The van der Waals surface area contributed by atoms with Crippen LogP contribution in [-0.2, 0) is 17.8 Å². The molecule has 1 unspecified atom stereocenters. The molecule has 1 aromatic heterocycles. The van der Waals surface area contributed by atoms with Crippen LogP contribution in [0.2, 0.25) is 0 Å². The highest BCUT2D eigenvalue weighted by atomic mass is 19.1. The summed E-state index contributed by atoms with van der Waals surface area (Å²) in [6.45, 7) is 1.72. The molecular weight excluding hydrogens is 313 g/mol. The summed E-state index contributed by atoms with van der Waals surface area (Å²) >= 11 is 0. The molecule has 0 radical (unpaired) electrons. The van der Waals surface area contributed by atoms with Crippen LogP contribution < -0.4 is 15.4 Å². The van der Waals surface area contributed by atoms with Crippen LogP contribution in [0.5, 0.6) is 5.75 Å². The minimum absolute atomic E-state index is 0.0814. The Bertz CT molecular complexity index is 673. The maximum atomic E-state index is 12.8. The van der Waals surface area contributed by atoms with E-state index in [1.54, 1.807) is 18.5 Å². The van der Waals surface area contributed by atoms with Crippen molar-refractivity contribution in [2.24, 2.45) is 0 Å². The second-order valence-corrected chi connectivity index (χ2v) is 5.63. The maximum absolute atomic E-state index is 12.8. The van der Waals surface area contributed by atoms with Crippen LogP contribution in [-0.4, -0.2) is 46.4 Å². The van der Waals surface area contributed by atoms with Gasteiger partial charge in [0.1, 0.15) is 30.3 Å². The summed E-state index contributed by atoms with van der Waals surface area (Å²) in [5.74, 6) is 1.19. The summed E-state index contributed by atoms with van der Waals surface area (Å²) in [7, 11) is 0. The van der Waals surface area contributed by atoms with Gasteiger partial charge in [-0.3, -0.25) is 4.79 Å². The number of nitrogens with one attached hydrogen (secondary N) is 2. The standard InChI is InChI=1S/C16H20FN5O2/c17-12-1-4-14(5-2-12)24-8-7-18-16(23)9-19-13-3-6-15-20-11-21-22(15)10-13/h1-2,4-5,11,13,19H,3,6-10H2,(H,18,23). The fourth-order valence-electron chi connectivity index (χ4n) is 2.59. The minimum Gasteiger partial charge on any atom is -0.492 e. The minimum atomic E-state index is -0.303. The van der Waals surface area contributed by atoms with E-state index in [9.17, 15) is 9.18 Å². The molecule has 1 amide bonds. The summed E-state index contributed by atoms with van der Waals surface area (Å²) in [6.07, 6.45) is 3.37. The Labute approximate surface area is 139 Å². The fraction of sp³-hybridized carbons (Fsp3) is 0.438. The van der Waals surface area contributed by atoms with Gasteiger partial charge in [0.15, 0.2) is 0 Å². The largest absolute Gasteiger partial charge is 0.492 e. The predicted octanol–water partition coefficient (Wildman–Crippen LogP) is 0.517. The summed E-state index contributed by atoms with van der Waals surface area (Å²) in [5, 5.41) is 10.2. The van der Waals surface area contributed by atoms with E-state index in [1.165, 1.54) is 12.1 Å². The van der Waals surface area contributed by atoms with E-state index in [2.05, 4.69) is 20.7 Å². The third-order valence-electron chi connectivity index (χ3n) is 3.86. The van der Waals surface area contributed by atoms with Crippen LogP contribution in [0.4, 0.5) is 4.39 Å². The lowest BCUT2D eigenvalue weighted by Crippen LogP contribution is -2.44. The number of nitrogens with zero attached hydrogens (tertiary/aromatic N) is 3.